The molecule has 28 heavy (non-hydrogen) atoms. The van der Waals surface area contributed by atoms with Crippen LogP contribution in [-0.2, 0) is 20.8 Å². The number of aromatic nitrogens is 3. The summed E-state index contributed by atoms with van der Waals surface area (Å²) >= 11 is 6.82. The first kappa shape index (κ1) is 21.0. The van der Waals surface area contributed by atoms with E-state index in [0.717, 1.165) is 37.3 Å². The number of pyridine rings is 3. The molecule has 0 N–H and O–H groups in total. The second kappa shape index (κ2) is 10.7. The summed E-state index contributed by atoms with van der Waals surface area (Å²) in [5.41, 5.74) is 4.03. The van der Waals surface area contributed by atoms with Crippen LogP contribution in [0.15, 0.2) is 57.7 Å². The summed E-state index contributed by atoms with van der Waals surface area (Å²) in [4.78, 5) is 13.6. The molecule has 0 amide bonds. The lowest BCUT2D eigenvalue weighted by Crippen LogP contribution is -2.06. The van der Waals surface area contributed by atoms with Crippen LogP contribution in [0, 0.1) is 0 Å². The number of nitrogens with zero attached hydrogens (tertiary/aromatic N) is 3. The first-order valence-corrected chi connectivity index (χ1v) is 10.1. The van der Waals surface area contributed by atoms with Crippen LogP contribution in [0.5, 0.6) is 0 Å². The first-order chi connectivity index (χ1) is 13.7. The van der Waals surface area contributed by atoms with Gasteiger partial charge in [0.15, 0.2) is 0 Å². The van der Waals surface area contributed by atoms with Gasteiger partial charge in [-0.1, -0.05) is 0 Å². The molecule has 0 aliphatic carbocycles. The Hall–Kier alpha value is -1.71. The maximum Gasteiger partial charge on any atom is 0.147 e. The van der Waals surface area contributed by atoms with Gasteiger partial charge in [-0.05, 0) is 73.8 Å². The fraction of sp³-hybridized carbons (Fsp3) is 0.250. The Morgan fingerprint density at radius 2 is 1.39 bits per heavy atom. The molecule has 8 heteroatoms. The molecule has 0 unspecified atom stereocenters. The van der Waals surface area contributed by atoms with Crippen molar-refractivity contribution in [1.82, 2.24) is 15.0 Å². The summed E-state index contributed by atoms with van der Waals surface area (Å²) in [5, 5.41) is 0. The number of methoxy groups -OCH3 is 1. The summed E-state index contributed by atoms with van der Waals surface area (Å²) in [6, 6.07) is 11.7. The summed E-state index contributed by atoms with van der Waals surface area (Å²) < 4.78 is 17.8. The van der Waals surface area contributed by atoms with Gasteiger partial charge in [0.25, 0.3) is 0 Å². The Balaban J connectivity index is 1.83. The lowest BCUT2D eigenvalue weighted by atomic mass is 10.1. The molecule has 0 bridgehead atoms. The van der Waals surface area contributed by atoms with E-state index in [9.17, 15) is 0 Å². The van der Waals surface area contributed by atoms with Gasteiger partial charge in [0.1, 0.15) is 6.79 Å². The van der Waals surface area contributed by atoms with Gasteiger partial charge in [-0.2, -0.15) is 0 Å². The Kier molecular flexibility index (Phi) is 8.05. The lowest BCUT2D eigenvalue weighted by molar-refractivity contribution is -0.0724. The van der Waals surface area contributed by atoms with Crippen molar-refractivity contribution in [2.75, 3.05) is 27.1 Å². The van der Waals surface area contributed by atoms with E-state index in [2.05, 4.69) is 41.8 Å². The van der Waals surface area contributed by atoms with E-state index in [1.165, 1.54) is 0 Å². The summed E-state index contributed by atoms with van der Waals surface area (Å²) in [6.45, 7) is 1.62. The van der Waals surface area contributed by atoms with Crippen LogP contribution in [0.2, 0.25) is 0 Å². The van der Waals surface area contributed by atoms with Crippen molar-refractivity contribution in [2.24, 2.45) is 0 Å². The highest BCUT2D eigenvalue weighted by molar-refractivity contribution is 9.10. The Morgan fingerprint density at radius 1 is 0.786 bits per heavy atom. The molecular weight excluding hydrogens is 490 g/mol. The molecule has 0 aliphatic rings. The third-order valence-electron chi connectivity index (χ3n) is 3.73. The Morgan fingerprint density at radius 3 is 1.89 bits per heavy atom. The molecule has 3 aromatic heterocycles. The van der Waals surface area contributed by atoms with Gasteiger partial charge < -0.3 is 14.2 Å². The van der Waals surface area contributed by atoms with Crippen molar-refractivity contribution < 1.29 is 14.2 Å². The van der Waals surface area contributed by atoms with Crippen LogP contribution in [0.4, 0.5) is 0 Å². The van der Waals surface area contributed by atoms with E-state index < -0.39 is 0 Å². The highest BCUT2D eigenvalue weighted by atomic mass is 79.9. The van der Waals surface area contributed by atoms with Gasteiger partial charge in [0.05, 0.1) is 42.6 Å². The van der Waals surface area contributed by atoms with Crippen molar-refractivity contribution in [3.63, 3.8) is 0 Å². The van der Waals surface area contributed by atoms with Gasteiger partial charge in [0, 0.05) is 28.4 Å². The monoisotopic (exact) mass is 507 g/mol. The van der Waals surface area contributed by atoms with E-state index in [-0.39, 0.29) is 6.79 Å². The molecule has 0 aromatic carbocycles. The number of rotatable bonds is 9. The first-order valence-electron chi connectivity index (χ1n) is 8.55. The molecule has 0 atom stereocenters. The molecule has 146 valence electrons. The van der Waals surface area contributed by atoms with Crippen LogP contribution in [0.25, 0.3) is 22.8 Å². The van der Waals surface area contributed by atoms with Crippen LogP contribution in [0.1, 0.15) is 5.56 Å². The topological polar surface area (TPSA) is 66.4 Å². The maximum absolute atomic E-state index is 5.62. The van der Waals surface area contributed by atoms with Crippen molar-refractivity contribution >= 4 is 31.9 Å². The van der Waals surface area contributed by atoms with E-state index in [1.807, 2.05) is 36.4 Å². The van der Waals surface area contributed by atoms with Crippen LogP contribution in [-0.4, -0.2) is 42.1 Å². The van der Waals surface area contributed by atoms with Gasteiger partial charge in [-0.15, -0.1) is 0 Å². The fourth-order valence-electron chi connectivity index (χ4n) is 2.41. The van der Waals surface area contributed by atoms with Crippen LogP contribution < -0.4 is 0 Å². The van der Waals surface area contributed by atoms with Crippen molar-refractivity contribution in [1.29, 1.82) is 0 Å². The minimum atomic E-state index is 0.198. The van der Waals surface area contributed by atoms with Gasteiger partial charge in [-0.3, -0.25) is 9.97 Å². The van der Waals surface area contributed by atoms with E-state index in [0.29, 0.717) is 19.8 Å². The summed E-state index contributed by atoms with van der Waals surface area (Å²) in [5.74, 6) is 0. The molecule has 3 rings (SSSR count). The molecule has 3 aromatic rings. The fourth-order valence-corrected chi connectivity index (χ4v) is 2.88. The van der Waals surface area contributed by atoms with Crippen molar-refractivity contribution in [2.45, 2.75) is 6.61 Å². The largest absolute Gasteiger partial charge is 0.382 e. The quantitative estimate of drug-likeness (QED) is 0.303. The highest BCUT2D eigenvalue weighted by Crippen LogP contribution is 2.24. The maximum atomic E-state index is 5.62. The predicted octanol–water partition coefficient (Wildman–Crippen LogP) is 4.87. The molecule has 0 aliphatic heterocycles. The highest BCUT2D eigenvalue weighted by Gasteiger charge is 2.10. The molecule has 0 spiro atoms. The molecule has 0 fully saturated rings. The van der Waals surface area contributed by atoms with Gasteiger partial charge in [-0.25, -0.2) is 4.98 Å². The molecule has 0 saturated heterocycles. The van der Waals surface area contributed by atoms with Gasteiger partial charge in [0.2, 0.25) is 0 Å². The third-order valence-corrected chi connectivity index (χ3v) is 4.67. The Labute approximate surface area is 180 Å². The second-order valence-corrected chi connectivity index (χ2v) is 7.67. The van der Waals surface area contributed by atoms with Gasteiger partial charge >= 0.3 is 0 Å². The van der Waals surface area contributed by atoms with E-state index >= 15 is 0 Å². The van der Waals surface area contributed by atoms with Crippen molar-refractivity contribution in [3.05, 3.63) is 63.3 Å². The average molecular weight is 509 g/mol. The zero-order valence-corrected chi connectivity index (χ0v) is 18.4. The zero-order chi connectivity index (χ0) is 19.8. The summed E-state index contributed by atoms with van der Waals surface area (Å²) in [7, 11) is 1.64. The van der Waals surface area contributed by atoms with E-state index in [4.69, 9.17) is 19.2 Å². The second-order valence-electron chi connectivity index (χ2n) is 5.84. The molecular formula is C20H19Br2N3O3. The molecule has 6 nitrogen and oxygen atoms in total. The van der Waals surface area contributed by atoms with Crippen LogP contribution in [0.3, 0.4) is 0 Å². The molecule has 0 radical (unpaired) electrons. The number of hydrogen-bond donors (Lipinski definition) is 0. The normalized spacial score (nSPS) is 11.0. The minimum absolute atomic E-state index is 0.198. The SMILES string of the molecule is COCCOCOCc1cc(-c2ccc(Br)cn2)nc(-c2ccc(Br)cn2)c1. The average Bonchev–Trinajstić information content (AvgIpc) is 2.71. The number of ether oxygens (including phenoxy) is 3. The molecule has 0 saturated carbocycles. The van der Waals surface area contributed by atoms with E-state index in [1.54, 1.807) is 19.5 Å². The number of hydrogen-bond acceptors (Lipinski definition) is 6. The number of halogens is 2. The lowest BCUT2D eigenvalue weighted by Gasteiger charge is -2.10. The van der Waals surface area contributed by atoms with Crippen molar-refractivity contribution in [3.8, 4) is 22.8 Å². The standard InChI is InChI=1S/C20H19Br2N3O3/c1-26-6-7-27-13-28-12-14-8-19(17-4-2-15(21)10-23-17)25-20(9-14)18-5-3-16(22)11-24-18/h2-5,8-11H,6-7,12-13H2,1H3. The Bertz CT molecular complexity index is 826. The minimum Gasteiger partial charge on any atom is -0.382 e. The summed E-state index contributed by atoms with van der Waals surface area (Å²) in [6.07, 6.45) is 3.50. The predicted molar refractivity (Wildman–Crippen MR) is 114 cm³/mol. The van der Waals surface area contributed by atoms with Crippen LogP contribution >= 0.6 is 31.9 Å². The third kappa shape index (κ3) is 6.15. The molecule has 3 heterocycles. The zero-order valence-electron chi connectivity index (χ0n) is 15.3. The smallest absolute Gasteiger partial charge is 0.147 e.